The molecule has 3 rings (SSSR count). The molecule has 3 aliphatic rings. The third-order valence-electron chi connectivity index (χ3n) is 5.98. The van der Waals surface area contributed by atoms with Crippen LogP contribution in [0.5, 0.6) is 0 Å². The second-order valence-corrected chi connectivity index (χ2v) is 7.35. The molecular formula is C17H32N2O2. The summed E-state index contributed by atoms with van der Waals surface area (Å²) in [5.74, 6) is 0. The van der Waals surface area contributed by atoms with Crippen molar-refractivity contribution in [2.45, 2.75) is 82.1 Å². The van der Waals surface area contributed by atoms with Gasteiger partial charge in [0.05, 0.1) is 6.10 Å². The lowest BCUT2D eigenvalue weighted by molar-refractivity contribution is -0.0291. The Balaban J connectivity index is 1.39. The molecule has 0 bridgehead atoms. The largest absolute Gasteiger partial charge is 0.386 e. The molecule has 0 radical (unpaired) electrons. The van der Waals surface area contributed by atoms with Crippen molar-refractivity contribution in [3.05, 3.63) is 0 Å². The van der Waals surface area contributed by atoms with Crippen LogP contribution in [0.4, 0.5) is 0 Å². The molecule has 0 aromatic heterocycles. The standard InChI is InChI=1S/C17H32N2O2/c1-14-17(20,9-12-21-14)13-18-15-7-10-19(11-8-15)16-5-3-2-4-6-16/h14-16,18,20H,2-13H2,1H3. The van der Waals surface area contributed by atoms with Crippen LogP contribution in [0.25, 0.3) is 0 Å². The van der Waals surface area contributed by atoms with Crippen LogP contribution in [0.2, 0.25) is 0 Å². The maximum Gasteiger partial charge on any atom is 0.105 e. The van der Waals surface area contributed by atoms with Gasteiger partial charge in [0.25, 0.3) is 0 Å². The molecule has 3 fully saturated rings. The van der Waals surface area contributed by atoms with Gasteiger partial charge in [0.2, 0.25) is 0 Å². The van der Waals surface area contributed by atoms with Crippen LogP contribution in [0, 0.1) is 0 Å². The molecule has 2 N–H and O–H groups in total. The van der Waals surface area contributed by atoms with E-state index in [1.54, 1.807) is 0 Å². The van der Waals surface area contributed by atoms with E-state index in [0.717, 1.165) is 12.5 Å². The van der Waals surface area contributed by atoms with E-state index in [9.17, 15) is 5.11 Å². The van der Waals surface area contributed by atoms with Crippen LogP contribution in [0.1, 0.15) is 58.3 Å². The highest BCUT2D eigenvalue weighted by Crippen LogP contribution is 2.27. The first-order valence-electron chi connectivity index (χ1n) is 8.99. The summed E-state index contributed by atoms with van der Waals surface area (Å²) < 4.78 is 5.51. The molecule has 2 saturated heterocycles. The zero-order chi connectivity index (χ0) is 14.7. The zero-order valence-electron chi connectivity index (χ0n) is 13.5. The molecule has 4 nitrogen and oxygen atoms in total. The number of hydrogen-bond donors (Lipinski definition) is 2. The number of likely N-dealkylation sites (tertiary alicyclic amines) is 1. The van der Waals surface area contributed by atoms with Crippen LogP contribution >= 0.6 is 0 Å². The number of hydrogen-bond acceptors (Lipinski definition) is 4. The van der Waals surface area contributed by atoms with Gasteiger partial charge >= 0.3 is 0 Å². The van der Waals surface area contributed by atoms with E-state index in [0.29, 0.717) is 19.2 Å². The molecule has 2 aliphatic heterocycles. The average molecular weight is 296 g/mol. The maximum absolute atomic E-state index is 10.5. The van der Waals surface area contributed by atoms with Gasteiger partial charge in [0, 0.05) is 31.7 Å². The Morgan fingerprint density at radius 2 is 1.86 bits per heavy atom. The Hall–Kier alpha value is -0.160. The second kappa shape index (κ2) is 6.95. The zero-order valence-corrected chi connectivity index (χ0v) is 13.5. The van der Waals surface area contributed by atoms with Gasteiger partial charge in [-0.1, -0.05) is 19.3 Å². The first-order valence-corrected chi connectivity index (χ1v) is 8.99. The summed E-state index contributed by atoms with van der Waals surface area (Å²) >= 11 is 0. The summed E-state index contributed by atoms with van der Waals surface area (Å²) in [6, 6.07) is 1.42. The van der Waals surface area contributed by atoms with Gasteiger partial charge in [0.15, 0.2) is 0 Å². The monoisotopic (exact) mass is 296 g/mol. The summed E-state index contributed by atoms with van der Waals surface area (Å²) in [4.78, 5) is 2.72. The van der Waals surface area contributed by atoms with Crippen LogP contribution in [-0.4, -0.2) is 60.0 Å². The molecule has 0 amide bonds. The molecule has 0 aromatic rings. The normalized spacial score (nSPS) is 37.1. The van der Waals surface area contributed by atoms with E-state index in [1.165, 1.54) is 58.0 Å². The summed E-state index contributed by atoms with van der Waals surface area (Å²) in [7, 11) is 0. The van der Waals surface area contributed by atoms with Crippen molar-refractivity contribution in [1.82, 2.24) is 10.2 Å². The second-order valence-electron chi connectivity index (χ2n) is 7.35. The van der Waals surface area contributed by atoms with E-state index in [-0.39, 0.29) is 6.10 Å². The van der Waals surface area contributed by atoms with Gasteiger partial charge in [-0.15, -0.1) is 0 Å². The summed E-state index contributed by atoms with van der Waals surface area (Å²) in [6.07, 6.45) is 10.3. The minimum absolute atomic E-state index is 0.0349. The molecule has 0 spiro atoms. The molecule has 0 aromatic carbocycles. The number of nitrogens with one attached hydrogen (secondary N) is 1. The minimum Gasteiger partial charge on any atom is -0.386 e. The van der Waals surface area contributed by atoms with E-state index in [2.05, 4.69) is 10.2 Å². The Labute approximate surface area is 129 Å². The highest BCUT2D eigenvalue weighted by atomic mass is 16.5. The molecular weight excluding hydrogens is 264 g/mol. The van der Waals surface area contributed by atoms with Crippen molar-refractivity contribution >= 4 is 0 Å². The van der Waals surface area contributed by atoms with Gasteiger partial charge in [-0.2, -0.15) is 0 Å². The SMILES string of the molecule is CC1OCCC1(O)CNC1CCN(C2CCCCC2)CC1. The molecule has 2 heterocycles. The van der Waals surface area contributed by atoms with Crippen molar-refractivity contribution in [2.24, 2.45) is 0 Å². The fourth-order valence-corrected chi connectivity index (χ4v) is 4.24. The van der Waals surface area contributed by atoms with Gasteiger partial charge in [0.1, 0.15) is 5.60 Å². The lowest BCUT2D eigenvalue weighted by Gasteiger charge is -2.40. The Morgan fingerprint density at radius 3 is 2.48 bits per heavy atom. The van der Waals surface area contributed by atoms with Crippen LogP contribution in [0.3, 0.4) is 0 Å². The van der Waals surface area contributed by atoms with Crippen LogP contribution in [0.15, 0.2) is 0 Å². The summed E-state index contributed by atoms with van der Waals surface area (Å²) in [6.45, 7) is 5.82. The fraction of sp³-hybridized carbons (Fsp3) is 1.00. The van der Waals surface area contributed by atoms with E-state index >= 15 is 0 Å². The first-order chi connectivity index (χ1) is 10.2. The van der Waals surface area contributed by atoms with Crippen molar-refractivity contribution in [3.63, 3.8) is 0 Å². The first kappa shape index (κ1) is 15.7. The number of ether oxygens (including phenoxy) is 1. The molecule has 2 unspecified atom stereocenters. The molecule has 1 saturated carbocycles. The maximum atomic E-state index is 10.5. The molecule has 4 heteroatoms. The summed E-state index contributed by atoms with van der Waals surface area (Å²) in [5, 5.41) is 14.1. The third-order valence-corrected chi connectivity index (χ3v) is 5.98. The van der Waals surface area contributed by atoms with Crippen molar-refractivity contribution in [3.8, 4) is 0 Å². The molecule has 1 aliphatic carbocycles. The van der Waals surface area contributed by atoms with Crippen LogP contribution in [-0.2, 0) is 4.74 Å². The Kier molecular flexibility index (Phi) is 5.20. The molecule has 21 heavy (non-hydrogen) atoms. The van der Waals surface area contributed by atoms with Crippen molar-refractivity contribution in [1.29, 1.82) is 0 Å². The lowest BCUT2D eigenvalue weighted by atomic mass is 9.91. The van der Waals surface area contributed by atoms with Gasteiger partial charge < -0.3 is 20.1 Å². The van der Waals surface area contributed by atoms with E-state index in [1.807, 2.05) is 6.92 Å². The van der Waals surface area contributed by atoms with Gasteiger partial charge in [-0.05, 0) is 45.7 Å². The smallest absolute Gasteiger partial charge is 0.105 e. The third kappa shape index (κ3) is 3.79. The predicted octanol–water partition coefficient (Wildman–Crippen LogP) is 1.91. The molecule has 2 atom stereocenters. The van der Waals surface area contributed by atoms with E-state index in [4.69, 9.17) is 4.74 Å². The number of rotatable bonds is 4. The number of piperidine rings is 1. The van der Waals surface area contributed by atoms with E-state index < -0.39 is 5.60 Å². The van der Waals surface area contributed by atoms with Gasteiger partial charge in [-0.3, -0.25) is 0 Å². The van der Waals surface area contributed by atoms with Crippen molar-refractivity contribution < 1.29 is 9.84 Å². The predicted molar refractivity (Wildman–Crippen MR) is 84.5 cm³/mol. The Bertz CT molecular complexity index is 325. The van der Waals surface area contributed by atoms with Crippen LogP contribution < -0.4 is 5.32 Å². The Morgan fingerprint density at radius 1 is 1.14 bits per heavy atom. The number of aliphatic hydroxyl groups is 1. The minimum atomic E-state index is -0.652. The highest BCUT2D eigenvalue weighted by Gasteiger charge is 2.39. The fourth-order valence-electron chi connectivity index (χ4n) is 4.24. The quantitative estimate of drug-likeness (QED) is 0.832. The average Bonchev–Trinajstić information content (AvgIpc) is 2.87. The van der Waals surface area contributed by atoms with Gasteiger partial charge in [-0.25, -0.2) is 0 Å². The molecule has 122 valence electrons. The highest BCUT2D eigenvalue weighted by molar-refractivity contribution is 4.93. The summed E-state index contributed by atoms with van der Waals surface area (Å²) in [5.41, 5.74) is -0.652. The van der Waals surface area contributed by atoms with Crippen molar-refractivity contribution in [2.75, 3.05) is 26.2 Å². The topological polar surface area (TPSA) is 44.7 Å². The lowest BCUT2D eigenvalue weighted by Crippen LogP contribution is -2.52. The number of nitrogens with zero attached hydrogens (tertiary/aromatic N) is 1.